The van der Waals surface area contributed by atoms with Crippen molar-refractivity contribution in [3.05, 3.63) is 35.6 Å². The van der Waals surface area contributed by atoms with Crippen LogP contribution in [0.1, 0.15) is 39.3 Å². The van der Waals surface area contributed by atoms with Crippen LogP contribution in [0, 0.1) is 5.82 Å². The van der Waals surface area contributed by atoms with Crippen LogP contribution in [-0.4, -0.2) is 27.7 Å². The molecule has 7 heteroatoms. The fourth-order valence-electron chi connectivity index (χ4n) is 1.65. The van der Waals surface area contributed by atoms with Crippen LogP contribution in [0.2, 0.25) is 0 Å². The van der Waals surface area contributed by atoms with E-state index in [4.69, 9.17) is 0 Å². The van der Waals surface area contributed by atoms with Gasteiger partial charge < -0.3 is 4.74 Å². The number of rotatable bonds is 6. The van der Waals surface area contributed by atoms with Crippen molar-refractivity contribution in [2.45, 2.75) is 44.7 Å². The standard InChI is InChI=1S/C15H21F2NO3S/c1-5-21-14(19)12(17)13(18-22(20)15(2,3)4)10-7-6-8-11(16)9-10/h6-9,12-13,18H,5H2,1-4H3/t12-,13+,22-/m1/s1. The van der Waals surface area contributed by atoms with Gasteiger partial charge in [0.25, 0.3) is 0 Å². The Labute approximate surface area is 131 Å². The number of esters is 1. The molecule has 0 saturated carbocycles. The molecule has 0 spiro atoms. The summed E-state index contributed by atoms with van der Waals surface area (Å²) in [6.45, 7) is 6.70. The Hall–Kier alpha value is -1.34. The minimum Gasteiger partial charge on any atom is -0.464 e. The maximum absolute atomic E-state index is 14.4. The highest BCUT2D eigenvalue weighted by atomic mass is 32.2. The lowest BCUT2D eigenvalue weighted by atomic mass is 10.0. The van der Waals surface area contributed by atoms with Gasteiger partial charge in [-0.3, -0.25) is 0 Å². The summed E-state index contributed by atoms with van der Waals surface area (Å²) >= 11 is 0. The zero-order valence-electron chi connectivity index (χ0n) is 13.1. The average Bonchev–Trinajstić information content (AvgIpc) is 2.42. The van der Waals surface area contributed by atoms with E-state index in [2.05, 4.69) is 9.46 Å². The van der Waals surface area contributed by atoms with Crippen LogP contribution in [-0.2, 0) is 20.5 Å². The number of carbonyl (C=O) groups is 1. The predicted molar refractivity (Wildman–Crippen MR) is 81.7 cm³/mol. The molecule has 4 nitrogen and oxygen atoms in total. The van der Waals surface area contributed by atoms with E-state index >= 15 is 0 Å². The number of carbonyl (C=O) groups excluding carboxylic acids is 1. The van der Waals surface area contributed by atoms with E-state index in [9.17, 15) is 17.8 Å². The summed E-state index contributed by atoms with van der Waals surface area (Å²) in [5.74, 6) is -1.64. The van der Waals surface area contributed by atoms with Crippen molar-refractivity contribution in [3.63, 3.8) is 0 Å². The van der Waals surface area contributed by atoms with E-state index in [1.807, 2.05) is 0 Å². The van der Waals surface area contributed by atoms with Crippen molar-refractivity contribution in [2.24, 2.45) is 0 Å². The molecule has 124 valence electrons. The number of hydrogen-bond acceptors (Lipinski definition) is 3. The number of benzene rings is 1. The maximum Gasteiger partial charge on any atom is 0.342 e. The quantitative estimate of drug-likeness (QED) is 0.815. The summed E-state index contributed by atoms with van der Waals surface area (Å²) in [7, 11) is -1.64. The first-order valence-corrected chi connectivity index (χ1v) is 8.06. The molecule has 0 aliphatic carbocycles. The molecular formula is C15H21F2NO3S. The van der Waals surface area contributed by atoms with Crippen molar-refractivity contribution >= 4 is 17.0 Å². The van der Waals surface area contributed by atoms with Gasteiger partial charge in [-0.2, -0.15) is 0 Å². The summed E-state index contributed by atoms with van der Waals surface area (Å²) in [6.07, 6.45) is -2.09. The molecule has 0 aromatic heterocycles. The highest BCUT2D eigenvalue weighted by Crippen LogP contribution is 2.24. The van der Waals surface area contributed by atoms with Gasteiger partial charge >= 0.3 is 5.97 Å². The second-order valence-corrected chi connectivity index (χ2v) is 7.68. The monoisotopic (exact) mass is 333 g/mol. The number of hydrogen-bond donors (Lipinski definition) is 1. The van der Waals surface area contributed by atoms with E-state index in [1.54, 1.807) is 27.7 Å². The van der Waals surface area contributed by atoms with Gasteiger partial charge in [0.1, 0.15) is 5.82 Å². The van der Waals surface area contributed by atoms with Crippen molar-refractivity contribution in [3.8, 4) is 0 Å². The Balaban J connectivity index is 3.10. The SMILES string of the molecule is CCOC(=O)[C@H](F)[C@@H](N[S@](=O)C(C)(C)C)c1cccc(F)c1. The van der Waals surface area contributed by atoms with E-state index in [1.165, 1.54) is 18.2 Å². The van der Waals surface area contributed by atoms with Gasteiger partial charge in [0, 0.05) is 0 Å². The van der Waals surface area contributed by atoms with E-state index < -0.39 is 39.7 Å². The smallest absolute Gasteiger partial charge is 0.342 e. The normalized spacial score (nSPS) is 15.9. The molecule has 0 bridgehead atoms. The summed E-state index contributed by atoms with van der Waals surface area (Å²) in [5.41, 5.74) is 0.193. The number of halogens is 2. The van der Waals surface area contributed by atoms with Crippen LogP contribution in [0.25, 0.3) is 0 Å². The van der Waals surface area contributed by atoms with Crippen molar-refractivity contribution in [1.82, 2.24) is 4.72 Å². The lowest BCUT2D eigenvalue weighted by Gasteiger charge is -2.26. The van der Waals surface area contributed by atoms with Gasteiger partial charge in [-0.15, -0.1) is 0 Å². The molecule has 0 radical (unpaired) electrons. The summed E-state index contributed by atoms with van der Waals surface area (Å²) in [5, 5.41) is 0. The molecule has 0 fully saturated rings. The molecule has 0 amide bonds. The van der Waals surface area contributed by atoms with E-state index in [0.717, 1.165) is 6.07 Å². The molecule has 0 saturated heterocycles. The second kappa shape index (κ2) is 7.78. The van der Waals surface area contributed by atoms with Crippen LogP contribution in [0.5, 0.6) is 0 Å². The van der Waals surface area contributed by atoms with Crippen LogP contribution >= 0.6 is 0 Å². The molecule has 1 rings (SSSR count). The molecule has 0 unspecified atom stereocenters. The molecule has 0 aliphatic heterocycles. The van der Waals surface area contributed by atoms with Gasteiger partial charge in [0.15, 0.2) is 0 Å². The third kappa shape index (κ3) is 5.14. The first kappa shape index (κ1) is 18.7. The lowest BCUT2D eigenvalue weighted by Crippen LogP contribution is -2.42. The van der Waals surface area contributed by atoms with Crippen molar-refractivity contribution < 1.29 is 22.5 Å². The van der Waals surface area contributed by atoms with Gasteiger partial charge in [0.05, 0.1) is 28.4 Å². The molecule has 1 N–H and O–H groups in total. The third-order valence-corrected chi connectivity index (χ3v) is 4.38. The van der Waals surface area contributed by atoms with Gasteiger partial charge in [-0.1, -0.05) is 12.1 Å². The number of nitrogens with one attached hydrogen (secondary N) is 1. The molecule has 0 aliphatic rings. The van der Waals surface area contributed by atoms with Crippen LogP contribution in [0.3, 0.4) is 0 Å². The number of ether oxygens (including phenoxy) is 1. The molecule has 1 aromatic carbocycles. The fourth-order valence-corrected chi connectivity index (χ4v) is 2.49. The summed E-state index contributed by atoms with van der Waals surface area (Å²) in [6, 6.07) is 3.92. The Kier molecular flexibility index (Phi) is 6.62. The zero-order valence-corrected chi connectivity index (χ0v) is 13.9. The highest BCUT2D eigenvalue weighted by molar-refractivity contribution is 7.84. The molecular weight excluding hydrogens is 312 g/mol. The van der Waals surface area contributed by atoms with E-state index in [0.29, 0.717) is 0 Å². The third-order valence-electron chi connectivity index (χ3n) is 2.80. The predicted octanol–water partition coefficient (Wildman–Crippen LogP) is 2.82. The Bertz CT molecular complexity index is 546. The minimum absolute atomic E-state index is 0.0253. The average molecular weight is 333 g/mol. The van der Waals surface area contributed by atoms with Crippen molar-refractivity contribution in [1.29, 1.82) is 0 Å². The number of alkyl halides is 1. The molecule has 3 atom stereocenters. The van der Waals surface area contributed by atoms with Gasteiger partial charge in [0.2, 0.25) is 6.17 Å². The van der Waals surface area contributed by atoms with Crippen LogP contribution < -0.4 is 4.72 Å². The van der Waals surface area contributed by atoms with E-state index in [-0.39, 0.29) is 12.2 Å². The molecule has 22 heavy (non-hydrogen) atoms. The summed E-state index contributed by atoms with van der Waals surface area (Å²) < 4.78 is 46.6. The zero-order chi connectivity index (χ0) is 16.9. The van der Waals surface area contributed by atoms with Crippen molar-refractivity contribution in [2.75, 3.05) is 6.61 Å². The lowest BCUT2D eigenvalue weighted by molar-refractivity contribution is -0.150. The second-order valence-electron chi connectivity index (χ2n) is 5.69. The maximum atomic E-state index is 14.4. The fraction of sp³-hybridized carbons (Fsp3) is 0.533. The highest BCUT2D eigenvalue weighted by Gasteiger charge is 2.34. The minimum atomic E-state index is -2.09. The Morgan fingerprint density at radius 1 is 1.41 bits per heavy atom. The molecule has 1 aromatic rings. The first-order chi connectivity index (χ1) is 10.2. The largest absolute Gasteiger partial charge is 0.464 e. The molecule has 0 heterocycles. The Morgan fingerprint density at radius 3 is 2.55 bits per heavy atom. The summed E-state index contributed by atoms with van der Waals surface area (Å²) in [4.78, 5) is 11.6. The Morgan fingerprint density at radius 2 is 2.05 bits per heavy atom. The van der Waals surface area contributed by atoms with Crippen LogP contribution in [0.15, 0.2) is 24.3 Å². The first-order valence-electron chi connectivity index (χ1n) is 6.91. The topological polar surface area (TPSA) is 55.4 Å². The van der Waals surface area contributed by atoms with Gasteiger partial charge in [-0.05, 0) is 45.4 Å². The van der Waals surface area contributed by atoms with Crippen LogP contribution in [0.4, 0.5) is 8.78 Å². The van der Waals surface area contributed by atoms with Gasteiger partial charge in [-0.25, -0.2) is 22.5 Å².